The van der Waals surface area contributed by atoms with Crippen molar-refractivity contribution in [1.82, 2.24) is 9.97 Å². The number of anilines is 3. The summed E-state index contributed by atoms with van der Waals surface area (Å²) in [6.45, 7) is 3.39. The lowest BCUT2D eigenvalue weighted by atomic mass is 10.1. The van der Waals surface area contributed by atoms with Crippen LogP contribution >= 0.6 is 11.6 Å². The summed E-state index contributed by atoms with van der Waals surface area (Å²) >= 11 is 5.87. The molecule has 0 aliphatic carbocycles. The van der Waals surface area contributed by atoms with Gasteiger partial charge in [0.2, 0.25) is 5.56 Å². The summed E-state index contributed by atoms with van der Waals surface area (Å²) in [6.07, 6.45) is 0. The van der Waals surface area contributed by atoms with Crippen LogP contribution in [0.25, 0.3) is 0 Å². The Bertz CT molecular complexity index is 1210. The van der Waals surface area contributed by atoms with E-state index < -0.39 is 17.5 Å². The van der Waals surface area contributed by atoms with Crippen LogP contribution in [0.3, 0.4) is 0 Å². The molecule has 6 nitrogen and oxygen atoms in total. The molecule has 0 spiro atoms. The van der Waals surface area contributed by atoms with E-state index in [0.29, 0.717) is 22.6 Å². The quantitative estimate of drug-likeness (QED) is 0.639. The molecule has 4 rings (SSSR count). The van der Waals surface area contributed by atoms with Gasteiger partial charge < -0.3 is 9.88 Å². The third-order valence-electron chi connectivity index (χ3n) is 4.76. The summed E-state index contributed by atoms with van der Waals surface area (Å²) < 4.78 is 27.7. The van der Waals surface area contributed by atoms with Crippen molar-refractivity contribution in [1.29, 1.82) is 0 Å². The minimum absolute atomic E-state index is 0.00692. The lowest BCUT2D eigenvalue weighted by Gasteiger charge is -2.38. The van der Waals surface area contributed by atoms with Crippen molar-refractivity contribution in [2.45, 2.75) is 13.8 Å². The van der Waals surface area contributed by atoms with E-state index in [-0.39, 0.29) is 28.8 Å². The molecule has 1 aliphatic heterocycles. The third kappa shape index (κ3) is 3.25. The summed E-state index contributed by atoms with van der Waals surface area (Å²) in [5, 5.41) is -0.366. The Morgan fingerprint density at radius 1 is 1.03 bits per heavy atom. The highest BCUT2D eigenvalue weighted by Crippen LogP contribution is 2.37. The summed E-state index contributed by atoms with van der Waals surface area (Å²) in [4.78, 5) is 34.5. The number of hydrogen-bond donors (Lipinski definition) is 1. The van der Waals surface area contributed by atoms with Crippen molar-refractivity contribution in [2.75, 3.05) is 16.5 Å². The van der Waals surface area contributed by atoms with Gasteiger partial charge in [-0.05, 0) is 49.7 Å². The zero-order valence-electron chi connectivity index (χ0n) is 15.5. The second-order valence-electron chi connectivity index (χ2n) is 6.70. The van der Waals surface area contributed by atoms with E-state index in [1.54, 1.807) is 24.8 Å². The van der Waals surface area contributed by atoms with E-state index in [2.05, 4.69) is 9.97 Å². The van der Waals surface area contributed by atoms with Crippen molar-refractivity contribution in [2.24, 2.45) is 0 Å². The largest absolute Gasteiger partial charge is 0.324 e. The zero-order chi connectivity index (χ0) is 20.9. The highest BCUT2D eigenvalue weighted by atomic mass is 35.5. The molecule has 0 radical (unpaired) electrons. The van der Waals surface area contributed by atoms with Gasteiger partial charge >= 0.3 is 0 Å². The molecule has 2 aromatic heterocycles. The van der Waals surface area contributed by atoms with Crippen molar-refractivity contribution in [3.8, 4) is 0 Å². The highest BCUT2D eigenvalue weighted by molar-refractivity contribution is 6.30. The number of nitrogens with zero attached hydrogens (tertiary/aromatic N) is 3. The number of aromatic amines is 1. The molecule has 1 N–H and O–H groups in total. The van der Waals surface area contributed by atoms with E-state index in [4.69, 9.17) is 11.6 Å². The van der Waals surface area contributed by atoms with Gasteiger partial charge in [0.25, 0.3) is 5.91 Å². The summed E-state index contributed by atoms with van der Waals surface area (Å²) in [5.74, 6) is -1.55. The number of benzene rings is 1. The number of aryl methyl sites for hydroxylation is 2. The molecular formula is C20H15ClF2N4O2. The molecule has 3 aromatic rings. The number of fused-ring (bicyclic) bond motifs is 1. The number of carbonyl (C=O) groups excluding carboxylic acids is 1. The summed E-state index contributed by atoms with van der Waals surface area (Å²) in [5.41, 5.74) is 1.83. The van der Waals surface area contributed by atoms with Gasteiger partial charge in [0.1, 0.15) is 18.3 Å². The minimum atomic E-state index is -0.824. The van der Waals surface area contributed by atoms with E-state index in [1.807, 2.05) is 0 Å². The van der Waals surface area contributed by atoms with Crippen LogP contribution in [0.2, 0.25) is 5.15 Å². The molecule has 1 aromatic carbocycles. The first-order valence-corrected chi connectivity index (χ1v) is 9.05. The monoisotopic (exact) mass is 416 g/mol. The Kier molecular flexibility index (Phi) is 4.58. The van der Waals surface area contributed by atoms with Crippen LogP contribution in [-0.2, 0) is 0 Å². The lowest BCUT2D eigenvalue weighted by molar-refractivity contribution is 0.0982. The Labute approximate surface area is 169 Å². The summed E-state index contributed by atoms with van der Waals surface area (Å²) in [7, 11) is 0. The number of halogens is 3. The van der Waals surface area contributed by atoms with Crippen molar-refractivity contribution < 1.29 is 13.6 Å². The molecule has 0 saturated heterocycles. The van der Waals surface area contributed by atoms with E-state index in [1.165, 1.54) is 29.2 Å². The van der Waals surface area contributed by atoms with Crippen molar-refractivity contribution in [3.05, 3.63) is 80.4 Å². The predicted molar refractivity (Wildman–Crippen MR) is 106 cm³/mol. The van der Waals surface area contributed by atoms with Crippen LogP contribution in [0.5, 0.6) is 0 Å². The van der Waals surface area contributed by atoms with Gasteiger partial charge in [0.05, 0.1) is 11.3 Å². The number of nitrogens with one attached hydrogen (secondary N) is 1. The molecule has 0 bridgehead atoms. The number of aromatic nitrogens is 2. The average molecular weight is 417 g/mol. The van der Waals surface area contributed by atoms with Gasteiger partial charge in [-0.1, -0.05) is 11.6 Å². The van der Waals surface area contributed by atoms with Gasteiger partial charge in [-0.2, -0.15) is 0 Å². The number of pyridine rings is 2. The van der Waals surface area contributed by atoms with E-state index >= 15 is 0 Å². The van der Waals surface area contributed by atoms with Crippen LogP contribution in [0.15, 0.2) is 41.2 Å². The SMILES string of the molecule is Cc1cc(F)ccc1N1CN(c2ccc(=O)[nH]c2C)C(=O)c2cc(F)c(Cl)nc21. The average Bonchev–Trinajstić information content (AvgIpc) is 2.65. The number of amides is 1. The fourth-order valence-corrected chi connectivity index (χ4v) is 3.53. The predicted octanol–water partition coefficient (Wildman–Crippen LogP) is 4.07. The molecule has 0 saturated carbocycles. The number of rotatable bonds is 2. The van der Waals surface area contributed by atoms with Crippen LogP contribution in [0, 0.1) is 25.5 Å². The van der Waals surface area contributed by atoms with Gasteiger partial charge in [-0.15, -0.1) is 0 Å². The van der Waals surface area contributed by atoms with Crippen LogP contribution in [-0.4, -0.2) is 22.5 Å². The Morgan fingerprint density at radius 2 is 1.76 bits per heavy atom. The normalized spacial score (nSPS) is 13.6. The molecule has 0 fully saturated rings. The molecule has 29 heavy (non-hydrogen) atoms. The fraction of sp³-hybridized carbons (Fsp3) is 0.150. The third-order valence-corrected chi connectivity index (χ3v) is 5.02. The van der Waals surface area contributed by atoms with Gasteiger partial charge in [0.15, 0.2) is 11.0 Å². The number of hydrogen-bond acceptors (Lipinski definition) is 4. The molecule has 9 heteroatoms. The maximum Gasteiger partial charge on any atom is 0.263 e. The van der Waals surface area contributed by atoms with Crippen molar-refractivity contribution >= 4 is 34.7 Å². The summed E-state index contributed by atoms with van der Waals surface area (Å²) in [6, 6.07) is 8.06. The first-order valence-electron chi connectivity index (χ1n) is 8.68. The van der Waals surface area contributed by atoms with Gasteiger partial charge in [0, 0.05) is 17.4 Å². The number of H-pyrrole nitrogens is 1. The maximum absolute atomic E-state index is 14.1. The van der Waals surface area contributed by atoms with Crippen LogP contribution in [0.4, 0.5) is 26.0 Å². The molecular weight excluding hydrogens is 402 g/mol. The topological polar surface area (TPSA) is 69.3 Å². The Hall–Kier alpha value is -3.26. The number of carbonyl (C=O) groups is 1. The van der Waals surface area contributed by atoms with E-state index in [9.17, 15) is 18.4 Å². The van der Waals surface area contributed by atoms with Gasteiger partial charge in [-0.25, -0.2) is 13.8 Å². The molecule has 0 atom stereocenters. The zero-order valence-corrected chi connectivity index (χ0v) is 16.2. The van der Waals surface area contributed by atoms with E-state index in [0.717, 1.165) is 6.07 Å². The molecule has 1 amide bonds. The highest BCUT2D eigenvalue weighted by Gasteiger charge is 2.34. The Balaban J connectivity index is 1.93. The van der Waals surface area contributed by atoms with Crippen molar-refractivity contribution in [3.63, 3.8) is 0 Å². The lowest BCUT2D eigenvalue weighted by Crippen LogP contribution is -2.46. The van der Waals surface area contributed by atoms with Crippen LogP contribution < -0.4 is 15.4 Å². The first kappa shape index (κ1) is 19.1. The van der Waals surface area contributed by atoms with Crippen LogP contribution in [0.1, 0.15) is 21.6 Å². The first-order chi connectivity index (χ1) is 13.8. The maximum atomic E-state index is 14.1. The second-order valence-corrected chi connectivity index (χ2v) is 7.06. The molecule has 148 valence electrons. The standard InChI is InChI=1S/C20H15ClF2N4O2/c1-10-7-12(22)3-4-15(10)26-9-27(16-5-6-17(28)24-11(16)2)20(29)13-8-14(23)18(21)25-19(13)26/h3-8H,9H2,1-2H3,(H,24,28). The minimum Gasteiger partial charge on any atom is -0.324 e. The smallest absolute Gasteiger partial charge is 0.263 e. The second kappa shape index (κ2) is 6.97. The molecule has 1 aliphatic rings. The van der Waals surface area contributed by atoms with Gasteiger partial charge in [-0.3, -0.25) is 14.5 Å². The molecule has 3 heterocycles. The molecule has 0 unspecified atom stereocenters. The fourth-order valence-electron chi connectivity index (χ4n) is 3.40. The Morgan fingerprint density at radius 3 is 2.45 bits per heavy atom.